The van der Waals surface area contributed by atoms with Gasteiger partial charge in [0.05, 0.1) is 0 Å². The first-order valence-corrected chi connectivity index (χ1v) is 5.26. The number of aromatic amines is 1. The summed E-state index contributed by atoms with van der Waals surface area (Å²) in [6.07, 6.45) is 1.46. The van der Waals surface area contributed by atoms with Crippen LogP contribution in [0.15, 0.2) is 23.1 Å². The summed E-state index contributed by atoms with van der Waals surface area (Å²) in [4.78, 5) is 26.9. The average molecular weight is 229 g/mol. The molecule has 1 aromatic heterocycles. The van der Waals surface area contributed by atoms with Crippen molar-refractivity contribution in [3.05, 3.63) is 34.2 Å². The minimum atomic E-state index is -0.275. The predicted molar refractivity (Wildman–Crippen MR) is 59.4 cm³/mol. The topological polar surface area (TPSA) is 53.2 Å². The number of hydrogen-bond acceptors (Lipinski definition) is 2. The van der Waals surface area contributed by atoms with Crippen molar-refractivity contribution in [2.75, 3.05) is 19.0 Å². The van der Waals surface area contributed by atoms with E-state index in [0.29, 0.717) is 24.5 Å². The first-order chi connectivity index (χ1) is 7.19. The first-order valence-electron chi connectivity index (χ1n) is 4.73. The Balaban J connectivity index is 2.87. The van der Waals surface area contributed by atoms with Crippen molar-refractivity contribution in [3.63, 3.8) is 0 Å². The van der Waals surface area contributed by atoms with Crippen molar-refractivity contribution in [1.29, 1.82) is 0 Å². The summed E-state index contributed by atoms with van der Waals surface area (Å²) in [5.74, 6) is 0.229. The molecule has 5 heteroatoms. The number of carbonyl (C=O) groups excluding carboxylic acids is 1. The van der Waals surface area contributed by atoms with Gasteiger partial charge in [-0.05, 0) is 13.0 Å². The number of hydrogen-bond donors (Lipinski definition) is 1. The number of alkyl halides is 1. The van der Waals surface area contributed by atoms with E-state index in [9.17, 15) is 9.59 Å². The lowest BCUT2D eigenvalue weighted by molar-refractivity contribution is 0.0774. The van der Waals surface area contributed by atoms with E-state index >= 15 is 0 Å². The molecule has 15 heavy (non-hydrogen) atoms. The second-order valence-electron chi connectivity index (χ2n) is 3.02. The summed E-state index contributed by atoms with van der Waals surface area (Å²) >= 11 is 5.58. The number of H-pyrrole nitrogens is 1. The van der Waals surface area contributed by atoms with Crippen LogP contribution in [-0.2, 0) is 0 Å². The van der Waals surface area contributed by atoms with Crippen LogP contribution in [0.4, 0.5) is 0 Å². The quantitative estimate of drug-likeness (QED) is 0.784. The highest BCUT2D eigenvalue weighted by molar-refractivity contribution is 6.18. The number of nitrogens with zero attached hydrogens (tertiary/aromatic N) is 1. The lowest BCUT2D eigenvalue weighted by Crippen LogP contribution is -2.33. The highest BCUT2D eigenvalue weighted by Crippen LogP contribution is 2.01. The number of nitrogens with one attached hydrogen (secondary N) is 1. The van der Waals surface area contributed by atoms with Gasteiger partial charge in [-0.3, -0.25) is 9.59 Å². The molecule has 0 spiro atoms. The summed E-state index contributed by atoms with van der Waals surface area (Å²) in [5, 5.41) is 0. The lowest BCUT2D eigenvalue weighted by Gasteiger charge is -2.19. The van der Waals surface area contributed by atoms with Crippen LogP contribution in [-0.4, -0.2) is 34.8 Å². The third-order valence-electron chi connectivity index (χ3n) is 2.05. The second-order valence-corrected chi connectivity index (χ2v) is 3.39. The van der Waals surface area contributed by atoms with Crippen LogP contribution in [0.1, 0.15) is 17.3 Å². The van der Waals surface area contributed by atoms with E-state index in [1.807, 2.05) is 6.92 Å². The molecular weight excluding hydrogens is 216 g/mol. The van der Waals surface area contributed by atoms with Gasteiger partial charge in [0.25, 0.3) is 5.91 Å². The molecule has 1 N–H and O–H groups in total. The molecule has 0 aliphatic heterocycles. The molecule has 0 aromatic carbocycles. The number of carbonyl (C=O) groups is 1. The SMILES string of the molecule is CCN(CCCl)C(=O)c1cc[nH]c(=O)c1. The van der Waals surface area contributed by atoms with E-state index in [1.165, 1.54) is 12.3 Å². The van der Waals surface area contributed by atoms with Crippen molar-refractivity contribution in [2.45, 2.75) is 6.92 Å². The maximum absolute atomic E-state index is 11.8. The van der Waals surface area contributed by atoms with Crippen LogP contribution in [0.2, 0.25) is 0 Å². The highest BCUT2D eigenvalue weighted by atomic mass is 35.5. The number of amides is 1. The third kappa shape index (κ3) is 3.09. The Bertz CT molecular complexity index is 389. The monoisotopic (exact) mass is 228 g/mol. The van der Waals surface area contributed by atoms with Gasteiger partial charge in [-0.25, -0.2) is 0 Å². The first kappa shape index (κ1) is 11.8. The zero-order valence-electron chi connectivity index (χ0n) is 8.50. The number of rotatable bonds is 4. The number of pyridine rings is 1. The van der Waals surface area contributed by atoms with Crippen molar-refractivity contribution in [3.8, 4) is 0 Å². The molecule has 0 bridgehead atoms. The zero-order valence-corrected chi connectivity index (χ0v) is 9.25. The normalized spacial score (nSPS) is 10.0. The largest absolute Gasteiger partial charge is 0.338 e. The Morgan fingerprint density at radius 3 is 2.87 bits per heavy atom. The van der Waals surface area contributed by atoms with E-state index in [0.717, 1.165) is 0 Å². The van der Waals surface area contributed by atoms with E-state index < -0.39 is 0 Å². The van der Waals surface area contributed by atoms with Gasteiger partial charge in [0, 0.05) is 36.8 Å². The Kier molecular flexibility index (Phi) is 4.37. The van der Waals surface area contributed by atoms with Gasteiger partial charge in [0.1, 0.15) is 0 Å². The molecule has 0 radical (unpaired) electrons. The van der Waals surface area contributed by atoms with Crippen LogP contribution in [0.3, 0.4) is 0 Å². The van der Waals surface area contributed by atoms with Crippen LogP contribution in [0.5, 0.6) is 0 Å². The van der Waals surface area contributed by atoms with Crippen molar-refractivity contribution < 1.29 is 4.79 Å². The summed E-state index contributed by atoms with van der Waals surface area (Å²) in [6.45, 7) is 2.94. The fourth-order valence-corrected chi connectivity index (χ4v) is 1.47. The Hall–Kier alpha value is -1.29. The molecule has 0 fully saturated rings. The summed E-state index contributed by atoms with van der Waals surface area (Å²) in [5.41, 5.74) is 0.119. The molecular formula is C10H13ClN2O2. The van der Waals surface area contributed by atoms with Gasteiger partial charge >= 0.3 is 0 Å². The smallest absolute Gasteiger partial charge is 0.254 e. The predicted octanol–water partition coefficient (Wildman–Crippen LogP) is 1.08. The van der Waals surface area contributed by atoms with Crippen molar-refractivity contribution in [2.24, 2.45) is 0 Å². The summed E-state index contributed by atoms with van der Waals surface area (Å²) in [7, 11) is 0. The van der Waals surface area contributed by atoms with Gasteiger partial charge in [-0.2, -0.15) is 0 Å². The van der Waals surface area contributed by atoms with Crippen molar-refractivity contribution in [1.82, 2.24) is 9.88 Å². The average Bonchev–Trinajstić information content (AvgIpc) is 2.25. The van der Waals surface area contributed by atoms with Gasteiger partial charge in [-0.15, -0.1) is 11.6 Å². The fraction of sp³-hybridized carbons (Fsp3) is 0.400. The molecule has 0 saturated carbocycles. The molecule has 1 rings (SSSR count). The minimum Gasteiger partial charge on any atom is -0.338 e. The zero-order chi connectivity index (χ0) is 11.3. The minimum absolute atomic E-state index is 0.163. The molecule has 4 nitrogen and oxygen atoms in total. The van der Waals surface area contributed by atoms with E-state index in [4.69, 9.17) is 11.6 Å². The number of halogens is 1. The number of aromatic nitrogens is 1. The summed E-state index contributed by atoms with van der Waals surface area (Å²) < 4.78 is 0. The van der Waals surface area contributed by atoms with Gasteiger partial charge in [-0.1, -0.05) is 0 Å². The standard InChI is InChI=1S/C10H13ClN2O2/c1-2-13(6-4-11)10(15)8-3-5-12-9(14)7-8/h3,5,7H,2,4,6H2,1H3,(H,12,14). The molecule has 82 valence electrons. The van der Waals surface area contributed by atoms with Crippen LogP contribution < -0.4 is 5.56 Å². The Labute approximate surface area is 92.9 Å². The second kappa shape index (κ2) is 5.56. The molecule has 1 aromatic rings. The van der Waals surface area contributed by atoms with Gasteiger partial charge in [0.2, 0.25) is 5.56 Å². The van der Waals surface area contributed by atoms with E-state index in [1.54, 1.807) is 11.0 Å². The van der Waals surface area contributed by atoms with Crippen LogP contribution >= 0.6 is 11.6 Å². The van der Waals surface area contributed by atoms with Gasteiger partial charge in [0.15, 0.2) is 0 Å². The van der Waals surface area contributed by atoms with Gasteiger partial charge < -0.3 is 9.88 Å². The van der Waals surface area contributed by atoms with Crippen LogP contribution in [0, 0.1) is 0 Å². The maximum atomic E-state index is 11.8. The molecule has 0 aliphatic rings. The van der Waals surface area contributed by atoms with E-state index in [-0.39, 0.29) is 11.5 Å². The third-order valence-corrected chi connectivity index (χ3v) is 2.21. The lowest BCUT2D eigenvalue weighted by atomic mass is 10.2. The molecule has 0 unspecified atom stereocenters. The Morgan fingerprint density at radius 2 is 2.33 bits per heavy atom. The van der Waals surface area contributed by atoms with Crippen LogP contribution in [0.25, 0.3) is 0 Å². The Morgan fingerprint density at radius 1 is 1.60 bits per heavy atom. The summed E-state index contributed by atoms with van der Waals surface area (Å²) in [6, 6.07) is 2.87. The maximum Gasteiger partial charge on any atom is 0.254 e. The molecule has 0 atom stereocenters. The van der Waals surface area contributed by atoms with Crippen molar-refractivity contribution >= 4 is 17.5 Å². The molecule has 1 heterocycles. The molecule has 0 saturated heterocycles. The highest BCUT2D eigenvalue weighted by Gasteiger charge is 2.13. The molecule has 0 aliphatic carbocycles. The molecule has 1 amide bonds. The van der Waals surface area contributed by atoms with E-state index in [2.05, 4.69) is 4.98 Å². The fourth-order valence-electron chi connectivity index (χ4n) is 1.27.